The van der Waals surface area contributed by atoms with Crippen molar-refractivity contribution in [2.24, 2.45) is 11.7 Å². The number of nitrogens with zero attached hydrogens (tertiary/aromatic N) is 1. The number of hydrogen-bond acceptors (Lipinski definition) is 4. The molecule has 1 unspecified atom stereocenters. The zero-order chi connectivity index (χ0) is 16.0. The van der Waals surface area contributed by atoms with Crippen molar-refractivity contribution in [3.63, 3.8) is 0 Å². The van der Waals surface area contributed by atoms with E-state index in [1.165, 1.54) is 0 Å². The molecule has 0 aliphatic rings. The molecule has 0 bridgehead atoms. The third-order valence-electron chi connectivity index (χ3n) is 3.88. The molecule has 6 heteroatoms. The SMILES string of the molecule is CCC(CC)c1cc(C(=O)NC(C)(CN)CC(C)C)on1.Cl. The second-order valence-corrected chi connectivity index (χ2v) is 6.45. The van der Waals surface area contributed by atoms with Gasteiger partial charge >= 0.3 is 0 Å². The Morgan fingerprint density at radius 2 is 2.00 bits per heavy atom. The van der Waals surface area contributed by atoms with Gasteiger partial charge in [-0.25, -0.2) is 0 Å². The van der Waals surface area contributed by atoms with Gasteiger partial charge in [-0.15, -0.1) is 12.4 Å². The molecule has 0 aromatic carbocycles. The molecule has 0 aliphatic carbocycles. The zero-order valence-corrected chi connectivity index (χ0v) is 15.1. The lowest BCUT2D eigenvalue weighted by molar-refractivity contribution is 0.0860. The Morgan fingerprint density at radius 1 is 1.41 bits per heavy atom. The minimum Gasteiger partial charge on any atom is -0.351 e. The van der Waals surface area contributed by atoms with Crippen LogP contribution in [0, 0.1) is 5.92 Å². The van der Waals surface area contributed by atoms with Crippen LogP contribution in [0.1, 0.15) is 76.0 Å². The van der Waals surface area contributed by atoms with E-state index >= 15 is 0 Å². The summed E-state index contributed by atoms with van der Waals surface area (Å²) in [6, 6.07) is 1.75. The van der Waals surface area contributed by atoms with Crippen LogP contribution in [-0.4, -0.2) is 23.1 Å². The molecule has 0 fully saturated rings. The lowest BCUT2D eigenvalue weighted by atomic mass is 9.90. The predicted octanol–water partition coefficient (Wildman–Crippen LogP) is 3.49. The number of halogens is 1. The van der Waals surface area contributed by atoms with Crippen molar-refractivity contribution < 1.29 is 9.32 Å². The molecule has 0 radical (unpaired) electrons. The van der Waals surface area contributed by atoms with Crippen molar-refractivity contribution in [1.82, 2.24) is 10.5 Å². The van der Waals surface area contributed by atoms with Crippen LogP contribution in [-0.2, 0) is 0 Å². The summed E-state index contributed by atoms with van der Waals surface area (Å²) in [4.78, 5) is 12.3. The van der Waals surface area contributed by atoms with Crippen LogP contribution >= 0.6 is 12.4 Å². The van der Waals surface area contributed by atoms with E-state index in [1.54, 1.807) is 6.07 Å². The van der Waals surface area contributed by atoms with Crippen LogP contribution in [0.3, 0.4) is 0 Å². The number of amides is 1. The minimum absolute atomic E-state index is 0. The lowest BCUT2D eigenvalue weighted by Gasteiger charge is -2.30. The van der Waals surface area contributed by atoms with E-state index in [0.29, 0.717) is 18.4 Å². The first kappa shape index (κ1) is 20.9. The normalized spacial score (nSPS) is 13.8. The van der Waals surface area contributed by atoms with E-state index in [4.69, 9.17) is 10.3 Å². The van der Waals surface area contributed by atoms with Gasteiger partial charge in [-0.3, -0.25) is 4.79 Å². The predicted molar refractivity (Wildman–Crippen MR) is 91.5 cm³/mol. The largest absolute Gasteiger partial charge is 0.351 e. The average Bonchev–Trinajstić information content (AvgIpc) is 2.89. The molecule has 22 heavy (non-hydrogen) atoms. The Labute approximate surface area is 139 Å². The Kier molecular flexibility index (Phi) is 8.71. The maximum absolute atomic E-state index is 12.3. The van der Waals surface area contributed by atoms with E-state index < -0.39 is 5.54 Å². The van der Waals surface area contributed by atoms with Crippen molar-refractivity contribution >= 4 is 18.3 Å². The van der Waals surface area contributed by atoms with Gasteiger partial charge in [-0.1, -0.05) is 32.9 Å². The van der Waals surface area contributed by atoms with E-state index in [1.807, 2.05) is 6.92 Å². The number of aromatic nitrogens is 1. The summed E-state index contributed by atoms with van der Waals surface area (Å²) in [5, 5.41) is 7.01. The van der Waals surface area contributed by atoms with Crippen LogP contribution in [0.25, 0.3) is 0 Å². The van der Waals surface area contributed by atoms with Crippen molar-refractivity contribution in [2.75, 3.05) is 6.54 Å². The van der Waals surface area contributed by atoms with Gasteiger partial charge in [0, 0.05) is 18.5 Å². The summed E-state index contributed by atoms with van der Waals surface area (Å²) in [5.74, 6) is 0.814. The molecule has 0 aliphatic heterocycles. The smallest absolute Gasteiger partial charge is 0.290 e. The molecule has 1 amide bonds. The molecule has 1 aromatic heterocycles. The maximum Gasteiger partial charge on any atom is 0.290 e. The van der Waals surface area contributed by atoms with Gasteiger partial charge in [0.2, 0.25) is 5.76 Å². The van der Waals surface area contributed by atoms with Gasteiger partial charge in [-0.05, 0) is 32.1 Å². The third-order valence-corrected chi connectivity index (χ3v) is 3.88. The second kappa shape index (κ2) is 9.16. The highest BCUT2D eigenvalue weighted by Gasteiger charge is 2.28. The number of rotatable bonds is 8. The first-order chi connectivity index (χ1) is 9.85. The van der Waals surface area contributed by atoms with Crippen LogP contribution in [0.4, 0.5) is 0 Å². The highest BCUT2D eigenvalue weighted by atomic mass is 35.5. The molecule has 1 aromatic rings. The van der Waals surface area contributed by atoms with Gasteiger partial charge in [0.15, 0.2) is 0 Å². The average molecular weight is 332 g/mol. The summed E-state index contributed by atoms with van der Waals surface area (Å²) >= 11 is 0. The molecule has 0 spiro atoms. The Bertz CT molecular complexity index is 458. The monoisotopic (exact) mass is 331 g/mol. The Hall–Kier alpha value is -1.07. The molecule has 1 rings (SSSR count). The first-order valence-electron chi connectivity index (χ1n) is 7.84. The van der Waals surface area contributed by atoms with Gasteiger partial charge in [0.1, 0.15) is 0 Å². The van der Waals surface area contributed by atoms with E-state index in [2.05, 4.69) is 38.2 Å². The third kappa shape index (κ3) is 5.61. The molecular formula is C16H30ClN3O2. The van der Waals surface area contributed by atoms with Crippen molar-refractivity contribution in [3.05, 3.63) is 17.5 Å². The highest BCUT2D eigenvalue weighted by Crippen LogP contribution is 2.23. The van der Waals surface area contributed by atoms with Crippen LogP contribution < -0.4 is 11.1 Å². The second-order valence-electron chi connectivity index (χ2n) is 6.45. The highest BCUT2D eigenvalue weighted by molar-refractivity contribution is 5.92. The molecule has 128 valence electrons. The number of carbonyl (C=O) groups excluding carboxylic acids is 1. The summed E-state index contributed by atoms with van der Waals surface area (Å²) in [5.41, 5.74) is 6.24. The van der Waals surface area contributed by atoms with E-state index in [9.17, 15) is 4.79 Å². The van der Waals surface area contributed by atoms with E-state index in [0.717, 1.165) is 25.0 Å². The summed E-state index contributed by atoms with van der Waals surface area (Å²) in [6.07, 6.45) is 2.79. The van der Waals surface area contributed by atoms with Crippen LogP contribution in [0.2, 0.25) is 0 Å². The minimum atomic E-state index is -0.423. The molecule has 1 heterocycles. The summed E-state index contributed by atoms with van der Waals surface area (Å²) in [6.45, 7) is 10.8. The molecular weight excluding hydrogens is 302 g/mol. The Morgan fingerprint density at radius 3 is 2.45 bits per heavy atom. The zero-order valence-electron chi connectivity index (χ0n) is 14.3. The number of hydrogen-bond donors (Lipinski definition) is 2. The van der Waals surface area contributed by atoms with Crippen LogP contribution in [0.15, 0.2) is 10.6 Å². The topological polar surface area (TPSA) is 81.2 Å². The molecule has 5 nitrogen and oxygen atoms in total. The summed E-state index contributed by atoms with van der Waals surface area (Å²) < 4.78 is 5.20. The Balaban J connectivity index is 0.00000441. The fraction of sp³-hybridized carbons (Fsp3) is 0.750. The quantitative estimate of drug-likeness (QED) is 0.764. The van der Waals surface area contributed by atoms with E-state index in [-0.39, 0.29) is 24.1 Å². The number of nitrogens with two attached hydrogens (primary N) is 1. The van der Waals surface area contributed by atoms with Gasteiger partial charge in [-0.2, -0.15) is 0 Å². The van der Waals surface area contributed by atoms with Crippen molar-refractivity contribution in [3.8, 4) is 0 Å². The molecule has 0 saturated carbocycles. The van der Waals surface area contributed by atoms with Gasteiger partial charge in [0.25, 0.3) is 5.91 Å². The maximum atomic E-state index is 12.3. The molecule has 3 N–H and O–H groups in total. The van der Waals surface area contributed by atoms with Crippen molar-refractivity contribution in [1.29, 1.82) is 0 Å². The number of nitrogens with one attached hydrogen (secondary N) is 1. The van der Waals surface area contributed by atoms with Crippen molar-refractivity contribution in [2.45, 2.75) is 65.3 Å². The molecule has 0 saturated heterocycles. The standard InChI is InChI=1S/C16H29N3O2.ClH/c1-6-12(7-2)13-8-14(21-19-13)15(20)18-16(5,10-17)9-11(3)4;/h8,11-12H,6-7,9-10,17H2,1-5H3,(H,18,20);1H. The summed E-state index contributed by atoms with van der Waals surface area (Å²) in [7, 11) is 0. The fourth-order valence-corrected chi connectivity index (χ4v) is 2.72. The lowest BCUT2D eigenvalue weighted by Crippen LogP contribution is -2.52. The van der Waals surface area contributed by atoms with Gasteiger partial charge < -0.3 is 15.6 Å². The first-order valence-corrected chi connectivity index (χ1v) is 7.84. The fourth-order valence-electron chi connectivity index (χ4n) is 2.72. The van der Waals surface area contributed by atoms with Crippen LogP contribution in [0.5, 0.6) is 0 Å². The number of carbonyl (C=O) groups is 1. The van der Waals surface area contributed by atoms with Gasteiger partial charge in [0.05, 0.1) is 11.2 Å². The molecule has 1 atom stereocenters.